The summed E-state index contributed by atoms with van der Waals surface area (Å²) in [5.74, 6) is -0.184. The van der Waals surface area contributed by atoms with Gasteiger partial charge in [-0.1, -0.05) is 0 Å². The average molecular weight is 310 g/mol. The maximum absolute atomic E-state index is 11.2. The fourth-order valence-corrected chi connectivity index (χ4v) is 2.24. The molecule has 4 nitrogen and oxygen atoms in total. The summed E-state index contributed by atoms with van der Waals surface area (Å²) in [4.78, 5) is 11.2. The molecule has 0 amide bonds. The Kier molecular flexibility index (Phi) is 3.43. The zero-order valence-corrected chi connectivity index (χ0v) is 11.6. The number of methoxy groups -OCH3 is 1. The van der Waals surface area contributed by atoms with Crippen molar-refractivity contribution in [1.82, 2.24) is 4.57 Å². The molecular weight excluding hydrogens is 298 g/mol. The second-order valence-corrected chi connectivity index (χ2v) is 4.79. The van der Waals surface area contributed by atoms with E-state index in [-0.39, 0.29) is 5.69 Å². The van der Waals surface area contributed by atoms with Crippen LogP contribution in [0.4, 0.5) is 0 Å². The Bertz CT molecular complexity index is 604. The van der Waals surface area contributed by atoms with E-state index in [1.54, 1.807) is 23.9 Å². The highest BCUT2D eigenvalue weighted by Crippen LogP contribution is 2.24. The number of hydrogen-bond acceptors (Lipinski definition) is 2. The van der Waals surface area contributed by atoms with Gasteiger partial charge < -0.3 is 14.4 Å². The van der Waals surface area contributed by atoms with Crippen LogP contribution in [0, 0.1) is 6.92 Å². The van der Waals surface area contributed by atoms with E-state index in [2.05, 4.69) is 15.9 Å². The topological polar surface area (TPSA) is 51.5 Å². The lowest BCUT2D eigenvalue weighted by Crippen LogP contribution is -2.05. The Labute approximate surface area is 113 Å². The third kappa shape index (κ3) is 2.26. The molecule has 0 bridgehead atoms. The minimum absolute atomic E-state index is 0.214. The van der Waals surface area contributed by atoms with E-state index in [0.717, 1.165) is 21.5 Å². The van der Waals surface area contributed by atoms with Gasteiger partial charge in [0.15, 0.2) is 0 Å². The molecule has 0 aliphatic rings. The lowest BCUT2D eigenvalue weighted by molar-refractivity contribution is 0.0688. The van der Waals surface area contributed by atoms with Gasteiger partial charge in [0.2, 0.25) is 0 Å². The number of aryl methyl sites for hydroxylation is 1. The van der Waals surface area contributed by atoms with Gasteiger partial charge in [0.25, 0.3) is 0 Å². The fourth-order valence-electron chi connectivity index (χ4n) is 1.82. The van der Waals surface area contributed by atoms with Crippen molar-refractivity contribution < 1.29 is 14.6 Å². The lowest BCUT2D eigenvalue weighted by atomic mass is 10.2. The Balaban J connectivity index is 2.55. The van der Waals surface area contributed by atoms with Gasteiger partial charge >= 0.3 is 5.97 Å². The summed E-state index contributed by atoms with van der Waals surface area (Å²) in [5, 5.41) is 9.14. The lowest BCUT2D eigenvalue weighted by Gasteiger charge is -2.10. The Morgan fingerprint density at radius 3 is 2.67 bits per heavy atom. The highest BCUT2D eigenvalue weighted by molar-refractivity contribution is 9.10. The van der Waals surface area contributed by atoms with Crippen molar-refractivity contribution in [2.75, 3.05) is 7.11 Å². The summed E-state index contributed by atoms with van der Waals surface area (Å²) in [6, 6.07) is 7.11. The first-order chi connectivity index (χ1) is 8.52. The zero-order chi connectivity index (χ0) is 13.3. The second-order valence-electron chi connectivity index (χ2n) is 3.87. The van der Waals surface area contributed by atoms with Crippen LogP contribution >= 0.6 is 15.9 Å². The zero-order valence-electron chi connectivity index (χ0n) is 9.98. The highest BCUT2D eigenvalue weighted by Gasteiger charge is 2.13. The van der Waals surface area contributed by atoms with Crippen molar-refractivity contribution >= 4 is 21.9 Å². The van der Waals surface area contributed by atoms with E-state index in [4.69, 9.17) is 9.84 Å². The van der Waals surface area contributed by atoms with Crippen LogP contribution in [-0.2, 0) is 0 Å². The average Bonchev–Trinajstić information content (AvgIpc) is 2.71. The van der Waals surface area contributed by atoms with Crippen molar-refractivity contribution in [2.24, 2.45) is 0 Å². The minimum Gasteiger partial charge on any atom is -0.496 e. The van der Waals surface area contributed by atoms with Gasteiger partial charge in [0, 0.05) is 16.4 Å². The molecule has 2 aromatic rings. The van der Waals surface area contributed by atoms with Crippen LogP contribution in [0.3, 0.4) is 0 Å². The highest BCUT2D eigenvalue weighted by atomic mass is 79.9. The van der Waals surface area contributed by atoms with Gasteiger partial charge in [-0.25, -0.2) is 4.79 Å². The molecule has 1 aromatic carbocycles. The molecule has 1 N–H and O–H groups in total. The van der Waals surface area contributed by atoms with Gasteiger partial charge in [-0.3, -0.25) is 0 Å². The molecule has 0 aliphatic heterocycles. The second kappa shape index (κ2) is 4.86. The molecule has 94 valence electrons. The number of carboxylic acid groups (broad SMARTS) is 1. The van der Waals surface area contributed by atoms with Gasteiger partial charge in [0.1, 0.15) is 11.4 Å². The molecule has 2 rings (SSSR count). The summed E-state index contributed by atoms with van der Waals surface area (Å²) >= 11 is 3.29. The predicted molar refractivity (Wildman–Crippen MR) is 71.7 cm³/mol. The number of aromatic nitrogens is 1. The normalized spacial score (nSPS) is 10.4. The first-order valence-corrected chi connectivity index (χ1v) is 6.08. The molecule has 5 heteroatoms. The first kappa shape index (κ1) is 12.7. The molecule has 0 spiro atoms. The predicted octanol–water partition coefficient (Wildman–Crippen LogP) is 3.26. The number of halogens is 1. The quantitative estimate of drug-likeness (QED) is 0.947. The number of ether oxygens (including phenoxy) is 1. The van der Waals surface area contributed by atoms with Crippen LogP contribution in [0.2, 0.25) is 0 Å². The molecular formula is C13H12BrNO3. The van der Waals surface area contributed by atoms with E-state index in [0.29, 0.717) is 0 Å². The summed E-state index contributed by atoms with van der Waals surface area (Å²) in [6.07, 6.45) is 1.73. The molecule has 18 heavy (non-hydrogen) atoms. The summed E-state index contributed by atoms with van der Waals surface area (Å²) < 4.78 is 7.54. The minimum atomic E-state index is -0.964. The maximum Gasteiger partial charge on any atom is 0.352 e. The molecule has 1 aromatic heterocycles. The number of carboxylic acids is 1. The standard InChI is InChI=1S/C13H12BrNO3/c1-8-5-10(3-4-12(8)18-2)15-7-9(14)6-11(15)13(16)17/h3-7H,1-2H3,(H,16,17). The SMILES string of the molecule is COc1ccc(-n2cc(Br)cc2C(=O)O)cc1C. The summed E-state index contributed by atoms with van der Waals surface area (Å²) in [6.45, 7) is 1.92. The molecule has 0 fully saturated rings. The molecule has 0 saturated carbocycles. The van der Waals surface area contributed by atoms with Crippen molar-refractivity contribution in [3.63, 3.8) is 0 Å². The molecule has 0 atom stereocenters. The van der Waals surface area contributed by atoms with Crippen LogP contribution < -0.4 is 4.74 Å². The molecule has 0 unspecified atom stereocenters. The van der Waals surface area contributed by atoms with Crippen molar-refractivity contribution in [2.45, 2.75) is 6.92 Å². The van der Waals surface area contributed by atoms with Gasteiger partial charge in [-0.2, -0.15) is 0 Å². The van der Waals surface area contributed by atoms with Gasteiger partial charge in [0.05, 0.1) is 7.11 Å². The van der Waals surface area contributed by atoms with Crippen LogP contribution in [0.25, 0.3) is 5.69 Å². The number of benzene rings is 1. The molecule has 1 heterocycles. The Morgan fingerprint density at radius 2 is 2.11 bits per heavy atom. The van der Waals surface area contributed by atoms with E-state index < -0.39 is 5.97 Å². The van der Waals surface area contributed by atoms with E-state index in [9.17, 15) is 4.79 Å². The third-order valence-electron chi connectivity index (χ3n) is 2.66. The molecule has 0 saturated heterocycles. The number of hydrogen-bond donors (Lipinski definition) is 1. The van der Waals surface area contributed by atoms with Crippen molar-refractivity contribution in [1.29, 1.82) is 0 Å². The largest absolute Gasteiger partial charge is 0.496 e. The number of nitrogens with zero attached hydrogens (tertiary/aromatic N) is 1. The van der Waals surface area contributed by atoms with Crippen LogP contribution in [-0.4, -0.2) is 22.8 Å². The Hall–Kier alpha value is -1.75. The van der Waals surface area contributed by atoms with Crippen molar-refractivity contribution in [3.05, 3.63) is 46.2 Å². The smallest absolute Gasteiger partial charge is 0.352 e. The van der Waals surface area contributed by atoms with Crippen molar-refractivity contribution in [3.8, 4) is 11.4 Å². The first-order valence-electron chi connectivity index (χ1n) is 5.29. The van der Waals surface area contributed by atoms with Crippen LogP contribution in [0.5, 0.6) is 5.75 Å². The van der Waals surface area contributed by atoms with E-state index in [1.807, 2.05) is 25.1 Å². The summed E-state index contributed by atoms with van der Waals surface area (Å²) in [7, 11) is 1.61. The third-order valence-corrected chi connectivity index (χ3v) is 3.10. The maximum atomic E-state index is 11.2. The molecule has 0 radical (unpaired) electrons. The molecule has 0 aliphatic carbocycles. The van der Waals surface area contributed by atoms with E-state index >= 15 is 0 Å². The number of aromatic carboxylic acids is 1. The monoisotopic (exact) mass is 309 g/mol. The number of carbonyl (C=O) groups is 1. The summed E-state index contributed by atoms with van der Waals surface area (Å²) in [5.41, 5.74) is 1.96. The van der Waals surface area contributed by atoms with Gasteiger partial charge in [-0.15, -0.1) is 0 Å². The van der Waals surface area contributed by atoms with Gasteiger partial charge in [-0.05, 0) is 52.7 Å². The Morgan fingerprint density at radius 1 is 1.39 bits per heavy atom. The van der Waals surface area contributed by atoms with E-state index in [1.165, 1.54) is 0 Å². The van der Waals surface area contributed by atoms with Crippen LogP contribution in [0.15, 0.2) is 34.9 Å². The van der Waals surface area contributed by atoms with Crippen LogP contribution in [0.1, 0.15) is 16.1 Å². The number of rotatable bonds is 3. The fraction of sp³-hybridized carbons (Fsp3) is 0.154.